The van der Waals surface area contributed by atoms with Gasteiger partial charge in [-0.1, -0.05) is 30.3 Å². The Morgan fingerprint density at radius 1 is 1.03 bits per heavy atom. The number of nitrogens with one attached hydrogen (secondary N) is 2. The number of aromatic hydroxyl groups is 1. The highest BCUT2D eigenvalue weighted by atomic mass is 32.2. The Labute approximate surface area is 223 Å². The Bertz CT molecular complexity index is 1370. The van der Waals surface area contributed by atoms with Gasteiger partial charge >= 0.3 is 5.97 Å². The van der Waals surface area contributed by atoms with Crippen molar-refractivity contribution in [2.75, 3.05) is 24.1 Å². The second kappa shape index (κ2) is 12.3. The third kappa shape index (κ3) is 7.95. The van der Waals surface area contributed by atoms with Gasteiger partial charge in [0.15, 0.2) is 0 Å². The molecular weight excluding hydrogens is 508 g/mol. The number of anilines is 1. The standard InChI is InChI=1S/C28H34N2O7S/c1-17-13-23(14-18(2)27(17)21-7-5-20(6-8-21)15-26(32)33)37-12-11-29-19(3)28(34)22-9-10-25(31)24(16-22)30-38(4,35)36/h5-10,13-14,16,19,28-31,34H,11-12,15H2,1-4H3,(H,32,33)/t19-,28-/m0/s1. The molecule has 204 valence electrons. The van der Waals surface area contributed by atoms with Crippen LogP contribution in [0.5, 0.6) is 11.5 Å². The van der Waals surface area contributed by atoms with Gasteiger partial charge in [0.05, 0.1) is 24.5 Å². The van der Waals surface area contributed by atoms with Crippen molar-refractivity contribution in [2.24, 2.45) is 0 Å². The fraction of sp³-hybridized carbons (Fsp3) is 0.321. The Kier molecular flexibility index (Phi) is 9.37. The zero-order chi connectivity index (χ0) is 28.0. The van der Waals surface area contributed by atoms with E-state index in [-0.39, 0.29) is 23.9 Å². The summed E-state index contributed by atoms with van der Waals surface area (Å²) in [5.41, 5.74) is 5.36. The van der Waals surface area contributed by atoms with Crippen LogP contribution in [0.25, 0.3) is 11.1 Å². The van der Waals surface area contributed by atoms with Gasteiger partial charge in [0.25, 0.3) is 0 Å². The van der Waals surface area contributed by atoms with Crippen LogP contribution in [-0.4, -0.2) is 55.2 Å². The SMILES string of the molecule is Cc1cc(OCCN[C@@H](C)[C@H](O)c2ccc(O)c(NS(C)(=O)=O)c2)cc(C)c1-c1ccc(CC(=O)O)cc1. The number of phenols is 1. The van der Waals surface area contributed by atoms with Crippen LogP contribution in [-0.2, 0) is 21.2 Å². The Morgan fingerprint density at radius 2 is 1.66 bits per heavy atom. The van der Waals surface area contributed by atoms with E-state index < -0.39 is 22.1 Å². The Balaban J connectivity index is 1.57. The van der Waals surface area contributed by atoms with E-state index >= 15 is 0 Å². The number of aliphatic carboxylic acids is 1. The smallest absolute Gasteiger partial charge is 0.307 e. The van der Waals surface area contributed by atoms with Gasteiger partial charge in [-0.25, -0.2) is 8.42 Å². The van der Waals surface area contributed by atoms with Crippen LogP contribution in [0.15, 0.2) is 54.6 Å². The van der Waals surface area contributed by atoms with E-state index in [1.54, 1.807) is 6.92 Å². The molecule has 5 N–H and O–H groups in total. The molecule has 0 aliphatic heterocycles. The third-order valence-electron chi connectivity index (χ3n) is 6.07. The van der Waals surface area contributed by atoms with Gasteiger partial charge in [-0.15, -0.1) is 0 Å². The first-order valence-electron chi connectivity index (χ1n) is 12.1. The lowest BCUT2D eigenvalue weighted by Gasteiger charge is -2.22. The van der Waals surface area contributed by atoms with Gasteiger partial charge < -0.3 is 25.4 Å². The molecule has 0 amide bonds. The summed E-state index contributed by atoms with van der Waals surface area (Å²) in [5, 5.41) is 32.8. The fourth-order valence-electron chi connectivity index (χ4n) is 4.30. The number of carboxylic acids is 1. The predicted molar refractivity (Wildman–Crippen MR) is 147 cm³/mol. The highest BCUT2D eigenvalue weighted by Gasteiger charge is 2.18. The van der Waals surface area contributed by atoms with Crippen LogP contribution in [0.1, 0.15) is 35.3 Å². The molecule has 38 heavy (non-hydrogen) atoms. The minimum Gasteiger partial charge on any atom is -0.506 e. The van der Waals surface area contributed by atoms with E-state index in [0.717, 1.165) is 39.8 Å². The van der Waals surface area contributed by atoms with E-state index in [2.05, 4.69) is 10.0 Å². The number of sulfonamides is 1. The van der Waals surface area contributed by atoms with Crippen molar-refractivity contribution in [2.45, 2.75) is 39.3 Å². The van der Waals surface area contributed by atoms with Gasteiger partial charge in [-0.2, -0.15) is 0 Å². The van der Waals surface area contributed by atoms with Crippen molar-refractivity contribution in [3.05, 3.63) is 76.9 Å². The molecule has 0 aliphatic rings. The third-order valence-corrected chi connectivity index (χ3v) is 6.66. The van der Waals surface area contributed by atoms with Crippen LogP contribution in [0.2, 0.25) is 0 Å². The molecule has 0 bridgehead atoms. The molecular formula is C28H34N2O7S. The molecule has 2 atom stereocenters. The molecule has 0 saturated carbocycles. The minimum absolute atomic E-state index is 0.00461. The molecule has 0 saturated heterocycles. The second-order valence-electron chi connectivity index (χ2n) is 9.39. The second-order valence-corrected chi connectivity index (χ2v) is 11.1. The van der Waals surface area contributed by atoms with Crippen molar-refractivity contribution >= 4 is 21.7 Å². The summed E-state index contributed by atoms with van der Waals surface area (Å²) < 4.78 is 31.2. The molecule has 9 nitrogen and oxygen atoms in total. The summed E-state index contributed by atoms with van der Waals surface area (Å²) in [7, 11) is -3.58. The molecule has 3 aromatic carbocycles. The molecule has 10 heteroatoms. The van der Waals surface area contributed by atoms with E-state index in [1.807, 2.05) is 50.2 Å². The maximum atomic E-state index is 11.5. The number of ether oxygens (including phenoxy) is 1. The first kappa shape index (κ1) is 29.0. The number of hydrogen-bond donors (Lipinski definition) is 5. The number of carboxylic acid groups (broad SMARTS) is 1. The van der Waals surface area contributed by atoms with Gasteiger partial charge in [-0.3, -0.25) is 9.52 Å². The first-order chi connectivity index (χ1) is 17.8. The van der Waals surface area contributed by atoms with Crippen LogP contribution >= 0.6 is 0 Å². The molecule has 0 unspecified atom stereocenters. The first-order valence-corrected chi connectivity index (χ1v) is 14.0. The molecule has 0 aromatic heterocycles. The number of phenolic OH excluding ortho intramolecular Hbond substituents is 1. The number of benzene rings is 3. The van der Waals surface area contributed by atoms with Gasteiger partial charge in [0.1, 0.15) is 18.1 Å². The summed E-state index contributed by atoms with van der Waals surface area (Å²) in [6.45, 7) is 6.61. The van der Waals surface area contributed by atoms with Crippen LogP contribution in [0.3, 0.4) is 0 Å². The quantitative estimate of drug-likeness (QED) is 0.172. The Morgan fingerprint density at radius 3 is 2.24 bits per heavy atom. The van der Waals surface area contributed by atoms with Gasteiger partial charge in [0.2, 0.25) is 10.0 Å². The van der Waals surface area contributed by atoms with E-state index in [9.17, 15) is 23.4 Å². The molecule has 3 rings (SSSR count). The summed E-state index contributed by atoms with van der Waals surface area (Å²) in [6, 6.07) is 15.3. The fourth-order valence-corrected chi connectivity index (χ4v) is 4.86. The van der Waals surface area contributed by atoms with Crippen molar-refractivity contribution in [3.8, 4) is 22.6 Å². The number of rotatable bonds is 12. The summed E-state index contributed by atoms with van der Waals surface area (Å²) in [6.07, 6.45) is 0.0315. The predicted octanol–water partition coefficient (Wildman–Crippen LogP) is 3.77. The summed E-state index contributed by atoms with van der Waals surface area (Å²) in [4.78, 5) is 10.9. The van der Waals surface area contributed by atoms with Crippen LogP contribution < -0.4 is 14.8 Å². The largest absolute Gasteiger partial charge is 0.506 e. The van der Waals surface area contributed by atoms with E-state index in [0.29, 0.717) is 18.7 Å². The van der Waals surface area contributed by atoms with Crippen molar-refractivity contribution in [1.29, 1.82) is 0 Å². The van der Waals surface area contributed by atoms with Crippen molar-refractivity contribution in [3.63, 3.8) is 0 Å². The monoisotopic (exact) mass is 542 g/mol. The highest BCUT2D eigenvalue weighted by Crippen LogP contribution is 2.32. The number of hydrogen-bond acceptors (Lipinski definition) is 7. The van der Waals surface area contributed by atoms with Crippen LogP contribution in [0.4, 0.5) is 5.69 Å². The van der Waals surface area contributed by atoms with Crippen molar-refractivity contribution in [1.82, 2.24) is 5.32 Å². The maximum Gasteiger partial charge on any atom is 0.307 e. The number of aryl methyl sites for hydroxylation is 2. The zero-order valence-electron chi connectivity index (χ0n) is 21.9. The van der Waals surface area contributed by atoms with Gasteiger partial charge in [0, 0.05) is 12.6 Å². The lowest BCUT2D eigenvalue weighted by Crippen LogP contribution is -2.35. The maximum absolute atomic E-state index is 11.5. The molecule has 0 heterocycles. The summed E-state index contributed by atoms with van der Waals surface area (Å²) in [5.74, 6) is -0.370. The molecule has 0 radical (unpaired) electrons. The topological polar surface area (TPSA) is 145 Å². The van der Waals surface area contributed by atoms with Crippen molar-refractivity contribution < 1.29 is 33.3 Å². The number of aliphatic hydroxyl groups excluding tert-OH is 1. The Hall–Kier alpha value is -3.60. The van der Waals surface area contributed by atoms with Gasteiger partial charge in [-0.05, 0) is 78.4 Å². The average Bonchev–Trinajstić information content (AvgIpc) is 2.82. The lowest BCUT2D eigenvalue weighted by molar-refractivity contribution is -0.136. The molecule has 3 aromatic rings. The number of carbonyl (C=O) groups is 1. The van der Waals surface area contributed by atoms with Crippen LogP contribution in [0, 0.1) is 13.8 Å². The molecule has 0 aliphatic carbocycles. The highest BCUT2D eigenvalue weighted by molar-refractivity contribution is 7.92. The zero-order valence-corrected chi connectivity index (χ0v) is 22.7. The lowest BCUT2D eigenvalue weighted by atomic mass is 9.94. The minimum atomic E-state index is -3.58. The summed E-state index contributed by atoms with van der Waals surface area (Å²) >= 11 is 0. The molecule has 0 spiro atoms. The number of aliphatic hydroxyl groups is 1. The average molecular weight is 543 g/mol. The molecule has 0 fully saturated rings. The van der Waals surface area contributed by atoms with E-state index in [4.69, 9.17) is 9.84 Å². The normalized spacial score (nSPS) is 13.1. The van der Waals surface area contributed by atoms with E-state index in [1.165, 1.54) is 18.2 Å².